The Morgan fingerprint density at radius 1 is 1.47 bits per heavy atom. The molecule has 96 valence electrons. The van der Waals surface area contributed by atoms with Gasteiger partial charge in [0.15, 0.2) is 0 Å². The molecule has 17 heavy (non-hydrogen) atoms. The summed E-state index contributed by atoms with van der Waals surface area (Å²) in [5, 5.41) is 8.79. The second-order valence-electron chi connectivity index (χ2n) is 3.30. The van der Waals surface area contributed by atoms with Gasteiger partial charge in [-0.05, 0) is 34.1 Å². The van der Waals surface area contributed by atoms with Gasteiger partial charge in [-0.15, -0.1) is 0 Å². The van der Waals surface area contributed by atoms with Gasteiger partial charge in [0.25, 0.3) is 0 Å². The van der Waals surface area contributed by atoms with Gasteiger partial charge >= 0.3 is 0 Å². The highest BCUT2D eigenvalue weighted by atomic mass is 79.9. The largest absolute Gasteiger partial charge is 0.395 e. The molecule has 1 rings (SSSR count). The van der Waals surface area contributed by atoms with E-state index in [1.165, 1.54) is 12.1 Å². The Balaban J connectivity index is 3.15. The molecule has 0 aliphatic rings. The van der Waals surface area contributed by atoms with Gasteiger partial charge in [-0.2, -0.15) is 4.31 Å². The molecule has 1 aromatic carbocycles. The first-order valence-corrected chi connectivity index (χ1v) is 7.22. The summed E-state index contributed by atoms with van der Waals surface area (Å²) in [6.07, 6.45) is 0. The fourth-order valence-corrected chi connectivity index (χ4v) is 3.05. The average molecular weight is 326 g/mol. The van der Waals surface area contributed by atoms with Crippen molar-refractivity contribution in [2.45, 2.75) is 11.8 Å². The lowest BCUT2D eigenvalue weighted by Gasteiger charge is -2.19. The van der Waals surface area contributed by atoms with Crippen molar-refractivity contribution < 1.29 is 17.9 Å². The van der Waals surface area contributed by atoms with Crippen molar-refractivity contribution in [3.63, 3.8) is 0 Å². The number of hydrogen-bond donors (Lipinski definition) is 1. The van der Waals surface area contributed by atoms with E-state index in [-0.39, 0.29) is 29.1 Å². The van der Waals surface area contributed by atoms with Crippen molar-refractivity contribution in [1.82, 2.24) is 4.31 Å². The van der Waals surface area contributed by atoms with Gasteiger partial charge in [-0.1, -0.05) is 6.92 Å². The number of benzene rings is 1. The molecule has 0 unspecified atom stereocenters. The maximum Gasteiger partial charge on any atom is 0.243 e. The molecular weight excluding hydrogens is 313 g/mol. The highest BCUT2D eigenvalue weighted by Crippen LogP contribution is 2.21. The van der Waals surface area contributed by atoms with Gasteiger partial charge in [0, 0.05) is 13.1 Å². The molecule has 0 spiro atoms. The van der Waals surface area contributed by atoms with Crippen LogP contribution in [0.4, 0.5) is 4.39 Å². The van der Waals surface area contributed by atoms with Crippen molar-refractivity contribution in [3.05, 3.63) is 28.5 Å². The number of aliphatic hydroxyl groups is 1. The van der Waals surface area contributed by atoms with Crippen LogP contribution >= 0.6 is 15.9 Å². The fourth-order valence-electron chi connectivity index (χ4n) is 1.35. The molecule has 4 nitrogen and oxygen atoms in total. The summed E-state index contributed by atoms with van der Waals surface area (Å²) in [6.45, 7) is 1.60. The van der Waals surface area contributed by atoms with Crippen LogP contribution in [0.15, 0.2) is 27.6 Å². The van der Waals surface area contributed by atoms with Crippen molar-refractivity contribution in [2.24, 2.45) is 0 Å². The molecule has 1 aromatic rings. The smallest absolute Gasteiger partial charge is 0.243 e. The predicted molar refractivity (Wildman–Crippen MR) is 65.6 cm³/mol. The lowest BCUT2D eigenvalue weighted by Crippen LogP contribution is -2.33. The van der Waals surface area contributed by atoms with Crippen molar-refractivity contribution in [2.75, 3.05) is 19.7 Å². The van der Waals surface area contributed by atoms with Crippen molar-refractivity contribution in [3.8, 4) is 0 Å². The topological polar surface area (TPSA) is 57.6 Å². The number of hydrogen-bond acceptors (Lipinski definition) is 3. The van der Waals surface area contributed by atoms with Gasteiger partial charge < -0.3 is 5.11 Å². The molecule has 0 radical (unpaired) electrons. The summed E-state index contributed by atoms with van der Waals surface area (Å²) in [5.41, 5.74) is 0. The van der Waals surface area contributed by atoms with E-state index in [2.05, 4.69) is 15.9 Å². The van der Waals surface area contributed by atoms with Crippen LogP contribution in [0.5, 0.6) is 0 Å². The molecule has 0 fully saturated rings. The Labute approximate surface area is 108 Å². The zero-order valence-electron chi connectivity index (χ0n) is 9.23. The molecule has 1 N–H and O–H groups in total. The van der Waals surface area contributed by atoms with E-state index in [1.54, 1.807) is 6.92 Å². The fraction of sp³-hybridized carbons (Fsp3) is 0.400. The Bertz CT molecular complexity index is 492. The van der Waals surface area contributed by atoms with Crippen LogP contribution in [0.1, 0.15) is 6.92 Å². The highest BCUT2D eigenvalue weighted by Gasteiger charge is 2.23. The van der Waals surface area contributed by atoms with E-state index in [9.17, 15) is 12.8 Å². The van der Waals surface area contributed by atoms with Crippen LogP contribution in [0.2, 0.25) is 0 Å². The van der Waals surface area contributed by atoms with E-state index in [1.807, 2.05) is 0 Å². The van der Waals surface area contributed by atoms with Crippen LogP contribution in [0.25, 0.3) is 0 Å². The summed E-state index contributed by atoms with van der Waals surface area (Å²) in [4.78, 5) is -0.117. The molecular formula is C10H13BrFNO3S. The Morgan fingerprint density at radius 2 is 2.12 bits per heavy atom. The van der Waals surface area contributed by atoms with E-state index in [0.29, 0.717) is 0 Å². The van der Waals surface area contributed by atoms with E-state index in [4.69, 9.17) is 5.11 Å². The molecule has 7 heteroatoms. The minimum Gasteiger partial charge on any atom is -0.395 e. The van der Waals surface area contributed by atoms with Crippen LogP contribution in [-0.4, -0.2) is 37.5 Å². The molecule has 0 heterocycles. The number of aliphatic hydroxyl groups excluding tert-OH is 1. The molecule has 0 aromatic heterocycles. The SMILES string of the molecule is CCN(CCO)S(=O)(=O)c1ccc(Br)c(F)c1. The zero-order valence-corrected chi connectivity index (χ0v) is 11.6. The monoisotopic (exact) mass is 325 g/mol. The van der Waals surface area contributed by atoms with Crippen LogP contribution < -0.4 is 0 Å². The molecule has 0 saturated heterocycles. The second-order valence-corrected chi connectivity index (χ2v) is 6.09. The quantitative estimate of drug-likeness (QED) is 0.894. The molecule has 0 bridgehead atoms. The molecule has 0 atom stereocenters. The van der Waals surface area contributed by atoms with Gasteiger partial charge in [-0.3, -0.25) is 0 Å². The molecule has 0 aliphatic heterocycles. The standard InChI is InChI=1S/C10H13BrFNO3S/c1-2-13(5-6-14)17(15,16)8-3-4-9(11)10(12)7-8/h3-4,7,14H,2,5-6H2,1H3. The highest BCUT2D eigenvalue weighted by molar-refractivity contribution is 9.10. The number of likely N-dealkylation sites (N-methyl/N-ethyl adjacent to an activating group) is 1. The number of sulfonamides is 1. The lowest BCUT2D eigenvalue weighted by molar-refractivity contribution is 0.257. The predicted octanol–water partition coefficient (Wildman–Crippen LogP) is 1.59. The van der Waals surface area contributed by atoms with E-state index in [0.717, 1.165) is 10.4 Å². The van der Waals surface area contributed by atoms with Crippen molar-refractivity contribution >= 4 is 26.0 Å². The summed E-state index contributed by atoms with van der Waals surface area (Å²) in [5.74, 6) is -0.633. The number of rotatable bonds is 5. The normalized spacial score (nSPS) is 12.1. The maximum atomic E-state index is 13.3. The Hall–Kier alpha value is -0.500. The van der Waals surface area contributed by atoms with Gasteiger partial charge in [-0.25, -0.2) is 12.8 Å². The Morgan fingerprint density at radius 3 is 2.59 bits per heavy atom. The second kappa shape index (κ2) is 5.90. The third kappa shape index (κ3) is 3.25. The van der Waals surface area contributed by atoms with Crippen LogP contribution in [0, 0.1) is 5.82 Å². The Kier molecular flexibility index (Phi) is 5.05. The minimum atomic E-state index is -3.74. The van der Waals surface area contributed by atoms with E-state index >= 15 is 0 Å². The third-order valence-corrected chi connectivity index (χ3v) is 4.84. The summed E-state index contributed by atoms with van der Waals surface area (Å²) >= 11 is 2.96. The first kappa shape index (κ1) is 14.6. The zero-order chi connectivity index (χ0) is 13.1. The van der Waals surface area contributed by atoms with Gasteiger partial charge in [0.2, 0.25) is 10.0 Å². The number of halogens is 2. The van der Waals surface area contributed by atoms with Crippen molar-refractivity contribution in [1.29, 1.82) is 0 Å². The first-order valence-electron chi connectivity index (χ1n) is 4.99. The van der Waals surface area contributed by atoms with Gasteiger partial charge in [0.05, 0.1) is 16.0 Å². The number of nitrogens with zero attached hydrogens (tertiary/aromatic N) is 1. The first-order chi connectivity index (χ1) is 7.93. The minimum absolute atomic E-state index is 0.00346. The summed E-state index contributed by atoms with van der Waals surface area (Å²) in [6, 6.07) is 3.62. The average Bonchev–Trinajstić information content (AvgIpc) is 2.29. The molecule has 0 amide bonds. The third-order valence-electron chi connectivity index (χ3n) is 2.23. The molecule has 0 saturated carbocycles. The van der Waals surface area contributed by atoms with Crippen LogP contribution in [0.3, 0.4) is 0 Å². The summed E-state index contributed by atoms with van der Waals surface area (Å²) < 4.78 is 38.7. The maximum absolute atomic E-state index is 13.3. The molecule has 0 aliphatic carbocycles. The van der Waals surface area contributed by atoms with Crippen LogP contribution in [-0.2, 0) is 10.0 Å². The lowest BCUT2D eigenvalue weighted by atomic mass is 10.3. The summed E-state index contributed by atoms with van der Waals surface area (Å²) in [7, 11) is -3.74. The van der Waals surface area contributed by atoms with Gasteiger partial charge in [0.1, 0.15) is 5.82 Å². The van der Waals surface area contributed by atoms with E-state index < -0.39 is 15.8 Å².